The summed E-state index contributed by atoms with van der Waals surface area (Å²) in [6.07, 6.45) is 0.936. The highest BCUT2D eigenvalue weighted by Gasteiger charge is 2.01. The van der Waals surface area contributed by atoms with Crippen LogP contribution in [-0.2, 0) is 6.42 Å². The molecule has 0 amide bonds. The molecular weight excluding hydrogens is 221 g/mol. The molecule has 0 aliphatic heterocycles. The van der Waals surface area contributed by atoms with Gasteiger partial charge in [-0.2, -0.15) is 0 Å². The second-order valence-corrected chi connectivity index (χ2v) is 4.77. The monoisotopic (exact) mass is 235 g/mol. The first-order valence-corrected chi connectivity index (χ1v) is 6.16. The zero-order valence-corrected chi connectivity index (χ0v) is 9.98. The Bertz CT molecular complexity index is 451. The quantitative estimate of drug-likeness (QED) is 0.848. The predicted octanol–water partition coefficient (Wildman–Crippen LogP) is 3.85. The smallest absolute Gasteiger partial charge is 0.146 e. The summed E-state index contributed by atoms with van der Waals surface area (Å²) in [4.78, 5) is 1.32. The number of rotatable bonds is 4. The molecule has 0 saturated carbocycles. The minimum atomic E-state index is -0.184. The van der Waals surface area contributed by atoms with Crippen LogP contribution >= 0.6 is 11.3 Å². The van der Waals surface area contributed by atoms with Crippen molar-refractivity contribution in [1.29, 1.82) is 0 Å². The number of benzene rings is 1. The maximum atomic E-state index is 13.4. The van der Waals surface area contributed by atoms with Crippen LogP contribution in [0.15, 0.2) is 35.7 Å². The normalized spacial score (nSPS) is 10.4. The van der Waals surface area contributed by atoms with Crippen LogP contribution in [0.5, 0.6) is 0 Å². The summed E-state index contributed by atoms with van der Waals surface area (Å²) in [7, 11) is 0. The summed E-state index contributed by atoms with van der Waals surface area (Å²) in [5, 5.41) is 5.18. The molecule has 1 N–H and O–H groups in total. The van der Waals surface area contributed by atoms with Crippen molar-refractivity contribution in [3.05, 3.63) is 52.0 Å². The fourth-order valence-electron chi connectivity index (χ4n) is 1.55. The van der Waals surface area contributed by atoms with E-state index < -0.39 is 0 Å². The molecule has 1 aromatic carbocycles. The Morgan fingerprint density at radius 3 is 2.94 bits per heavy atom. The summed E-state index contributed by atoms with van der Waals surface area (Å²) in [6.45, 7) is 2.73. The van der Waals surface area contributed by atoms with Crippen LogP contribution in [0.4, 0.5) is 10.1 Å². The predicted molar refractivity (Wildman–Crippen MR) is 67.6 cm³/mol. The van der Waals surface area contributed by atoms with E-state index in [4.69, 9.17) is 0 Å². The van der Waals surface area contributed by atoms with E-state index in [-0.39, 0.29) is 5.82 Å². The van der Waals surface area contributed by atoms with Crippen molar-refractivity contribution in [2.24, 2.45) is 0 Å². The number of thiophene rings is 1. The molecule has 2 rings (SSSR count). The van der Waals surface area contributed by atoms with Crippen molar-refractivity contribution in [1.82, 2.24) is 0 Å². The fraction of sp³-hybridized carbons (Fsp3) is 0.231. The van der Waals surface area contributed by atoms with Crippen molar-refractivity contribution in [2.75, 3.05) is 11.9 Å². The summed E-state index contributed by atoms with van der Waals surface area (Å²) in [6, 6.07) is 9.25. The van der Waals surface area contributed by atoms with Gasteiger partial charge in [0.2, 0.25) is 0 Å². The first kappa shape index (κ1) is 11.1. The van der Waals surface area contributed by atoms with E-state index >= 15 is 0 Å². The molecule has 1 nitrogen and oxygen atoms in total. The van der Waals surface area contributed by atoms with Gasteiger partial charge in [0.05, 0.1) is 5.69 Å². The van der Waals surface area contributed by atoms with Gasteiger partial charge in [-0.05, 0) is 42.5 Å². The lowest BCUT2D eigenvalue weighted by atomic mass is 10.2. The molecule has 2 aromatic rings. The highest BCUT2D eigenvalue weighted by molar-refractivity contribution is 7.09. The molecule has 0 fully saturated rings. The van der Waals surface area contributed by atoms with Crippen molar-refractivity contribution in [3.63, 3.8) is 0 Å². The lowest BCUT2D eigenvalue weighted by molar-refractivity contribution is 0.629. The zero-order chi connectivity index (χ0) is 11.4. The van der Waals surface area contributed by atoms with Crippen LogP contribution in [0.3, 0.4) is 0 Å². The highest BCUT2D eigenvalue weighted by atomic mass is 32.1. The van der Waals surface area contributed by atoms with Gasteiger partial charge in [-0.15, -0.1) is 11.3 Å². The molecule has 84 valence electrons. The number of halogens is 1. The van der Waals surface area contributed by atoms with E-state index in [1.807, 2.05) is 19.1 Å². The molecule has 0 spiro atoms. The van der Waals surface area contributed by atoms with Crippen LogP contribution in [0.1, 0.15) is 10.4 Å². The van der Waals surface area contributed by atoms with Gasteiger partial charge in [-0.1, -0.05) is 12.1 Å². The lowest BCUT2D eigenvalue weighted by Crippen LogP contribution is -2.05. The van der Waals surface area contributed by atoms with Gasteiger partial charge in [0, 0.05) is 11.4 Å². The minimum Gasteiger partial charge on any atom is -0.382 e. The molecule has 0 radical (unpaired) electrons. The fourth-order valence-corrected chi connectivity index (χ4v) is 2.26. The average molecular weight is 235 g/mol. The van der Waals surface area contributed by atoms with E-state index in [0.717, 1.165) is 18.5 Å². The Labute approximate surface area is 98.9 Å². The maximum absolute atomic E-state index is 13.4. The Morgan fingerprint density at radius 1 is 1.31 bits per heavy atom. The summed E-state index contributed by atoms with van der Waals surface area (Å²) < 4.78 is 13.4. The number of hydrogen-bond acceptors (Lipinski definition) is 2. The van der Waals surface area contributed by atoms with Crippen LogP contribution < -0.4 is 5.32 Å². The Kier molecular flexibility index (Phi) is 3.57. The van der Waals surface area contributed by atoms with Gasteiger partial charge in [0.25, 0.3) is 0 Å². The molecule has 0 atom stereocenters. The molecule has 0 saturated heterocycles. The van der Waals surface area contributed by atoms with Gasteiger partial charge in [0.1, 0.15) is 5.82 Å². The van der Waals surface area contributed by atoms with Crippen molar-refractivity contribution in [2.45, 2.75) is 13.3 Å². The first-order chi connectivity index (χ1) is 7.75. The number of nitrogens with one attached hydrogen (secondary N) is 1. The number of hydrogen-bond donors (Lipinski definition) is 1. The van der Waals surface area contributed by atoms with Crippen molar-refractivity contribution < 1.29 is 4.39 Å². The molecule has 16 heavy (non-hydrogen) atoms. The summed E-state index contributed by atoms with van der Waals surface area (Å²) >= 11 is 1.73. The maximum Gasteiger partial charge on any atom is 0.146 e. The second kappa shape index (κ2) is 5.12. The van der Waals surface area contributed by atoms with E-state index in [1.165, 1.54) is 10.9 Å². The molecule has 3 heteroatoms. The van der Waals surface area contributed by atoms with Gasteiger partial charge in [-0.25, -0.2) is 4.39 Å². The minimum absolute atomic E-state index is 0.184. The van der Waals surface area contributed by atoms with Crippen molar-refractivity contribution in [3.8, 4) is 0 Å². The van der Waals surface area contributed by atoms with Gasteiger partial charge in [-0.3, -0.25) is 0 Å². The van der Waals surface area contributed by atoms with Gasteiger partial charge < -0.3 is 5.32 Å². The van der Waals surface area contributed by atoms with E-state index in [9.17, 15) is 4.39 Å². The Balaban J connectivity index is 1.92. The standard InChI is InChI=1S/C13H14FNS/c1-10-4-5-12(14)13(9-10)15-7-6-11-3-2-8-16-11/h2-5,8-9,15H,6-7H2,1H3. The molecule has 1 heterocycles. The molecule has 0 aliphatic carbocycles. The van der Waals surface area contributed by atoms with Crippen molar-refractivity contribution >= 4 is 17.0 Å². The second-order valence-electron chi connectivity index (χ2n) is 3.74. The van der Waals surface area contributed by atoms with E-state index in [2.05, 4.69) is 16.8 Å². The molecule has 1 aromatic heterocycles. The number of aryl methyl sites for hydroxylation is 1. The largest absolute Gasteiger partial charge is 0.382 e. The molecular formula is C13H14FNS. The number of anilines is 1. The Hall–Kier alpha value is -1.35. The molecule has 0 unspecified atom stereocenters. The summed E-state index contributed by atoms with van der Waals surface area (Å²) in [5.74, 6) is -0.184. The van der Waals surface area contributed by atoms with Crippen LogP contribution in [0.2, 0.25) is 0 Å². The third-order valence-electron chi connectivity index (χ3n) is 2.39. The van der Waals surface area contributed by atoms with Crippen LogP contribution in [0, 0.1) is 12.7 Å². The first-order valence-electron chi connectivity index (χ1n) is 5.28. The average Bonchev–Trinajstić information content (AvgIpc) is 2.76. The van der Waals surface area contributed by atoms with Crippen LogP contribution in [0.25, 0.3) is 0 Å². The topological polar surface area (TPSA) is 12.0 Å². The molecule has 0 aliphatic rings. The third kappa shape index (κ3) is 2.83. The van der Waals surface area contributed by atoms with E-state index in [0.29, 0.717) is 5.69 Å². The van der Waals surface area contributed by atoms with Gasteiger partial charge in [0.15, 0.2) is 0 Å². The third-order valence-corrected chi connectivity index (χ3v) is 3.32. The summed E-state index contributed by atoms with van der Waals surface area (Å²) in [5.41, 5.74) is 1.66. The lowest BCUT2D eigenvalue weighted by Gasteiger charge is -2.07. The Morgan fingerprint density at radius 2 is 2.19 bits per heavy atom. The van der Waals surface area contributed by atoms with Gasteiger partial charge >= 0.3 is 0 Å². The SMILES string of the molecule is Cc1ccc(F)c(NCCc2cccs2)c1. The van der Waals surface area contributed by atoms with Crippen LogP contribution in [-0.4, -0.2) is 6.54 Å². The zero-order valence-electron chi connectivity index (χ0n) is 9.16. The van der Waals surface area contributed by atoms with E-state index in [1.54, 1.807) is 17.4 Å². The highest BCUT2D eigenvalue weighted by Crippen LogP contribution is 2.16. The molecule has 0 bridgehead atoms.